The van der Waals surface area contributed by atoms with E-state index in [9.17, 15) is 14.9 Å². The smallest absolute Gasteiger partial charge is 0.272 e. The van der Waals surface area contributed by atoms with Gasteiger partial charge in [-0.3, -0.25) is 14.9 Å². The molecule has 0 unspecified atom stereocenters. The van der Waals surface area contributed by atoms with Gasteiger partial charge >= 0.3 is 0 Å². The van der Waals surface area contributed by atoms with Crippen molar-refractivity contribution in [2.45, 2.75) is 16.7 Å². The molecule has 9 heteroatoms. The van der Waals surface area contributed by atoms with Crippen molar-refractivity contribution >= 4 is 57.9 Å². The Hall–Kier alpha value is -2.23. The molecule has 2 aromatic rings. The van der Waals surface area contributed by atoms with Gasteiger partial charge in [-0.1, -0.05) is 59.5 Å². The van der Waals surface area contributed by atoms with Crippen LogP contribution in [0.2, 0.25) is 0 Å². The molecule has 2 aromatic carbocycles. The summed E-state index contributed by atoms with van der Waals surface area (Å²) in [5.41, 5.74) is 1.64. The number of carbonyl (C=O) groups excluding carboxylic acids is 1. The number of thioether (sulfide) groups is 1. The van der Waals surface area contributed by atoms with Gasteiger partial charge in [-0.2, -0.15) is 10.1 Å². The van der Waals surface area contributed by atoms with Crippen LogP contribution in [0.5, 0.6) is 0 Å². The van der Waals surface area contributed by atoms with Crippen LogP contribution in [0.4, 0.5) is 5.69 Å². The Kier molecular flexibility index (Phi) is 5.70. The summed E-state index contributed by atoms with van der Waals surface area (Å²) in [4.78, 5) is 24.1. The lowest BCUT2D eigenvalue weighted by Crippen LogP contribution is -2.22. The van der Waals surface area contributed by atoms with Gasteiger partial charge in [0.25, 0.3) is 11.6 Å². The first-order valence-corrected chi connectivity index (χ1v) is 9.72. The van der Waals surface area contributed by atoms with E-state index in [1.54, 1.807) is 12.1 Å². The normalized spacial score (nSPS) is 14.4. The van der Waals surface area contributed by atoms with Crippen molar-refractivity contribution in [2.24, 2.45) is 5.10 Å². The predicted octanol–water partition coefficient (Wildman–Crippen LogP) is 4.25. The van der Waals surface area contributed by atoms with E-state index in [2.05, 4.69) is 5.10 Å². The fourth-order valence-corrected chi connectivity index (χ4v) is 4.03. The Morgan fingerprint density at radius 3 is 2.65 bits per heavy atom. The first-order chi connectivity index (χ1) is 12.4. The Morgan fingerprint density at radius 1 is 1.31 bits per heavy atom. The van der Waals surface area contributed by atoms with Crippen LogP contribution in [-0.2, 0) is 4.79 Å². The highest BCUT2D eigenvalue weighted by molar-refractivity contribution is 8.23. The van der Waals surface area contributed by atoms with Gasteiger partial charge in [0.05, 0.1) is 21.8 Å². The number of nitro benzene ring substituents is 1. The lowest BCUT2D eigenvalue weighted by Gasteiger charge is -2.07. The SMILES string of the molecule is Cc1ccc(Sc2ccc(/C=N/N3C(=O)CSC3=S)cc2[N+](=O)[O-])cc1. The molecule has 6 nitrogen and oxygen atoms in total. The van der Waals surface area contributed by atoms with Crippen molar-refractivity contribution in [1.29, 1.82) is 0 Å². The van der Waals surface area contributed by atoms with Crippen molar-refractivity contribution in [1.82, 2.24) is 5.01 Å². The maximum absolute atomic E-state index is 11.7. The number of aryl methyl sites for hydroxylation is 1. The van der Waals surface area contributed by atoms with Crippen LogP contribution in [-0.4, -0.2) is 32.1 Å². The molecule has 1 heterocycles. The number of nitro groups is 1. The maximum Gasteiger partial charge on any atom is 0.283 e. The van der Waals surface area contributed by atoms with Crippen molar-refractivity contribution in [3.63, 3.8) is 0 Å². The molecule has 0 saturated carbocycles. The molecule has 0 aliphatic carbocycles. The highest BCUT2D eigenvalue weighted by Crippen LogP contribution is 2.35. The monoisotopic (exact) mass is 403 g/mol. The van der Waals surface area contributed by atoms with E-state index in [0.717, 1.165) is 15.5 Å². The lowest BCUT2D eigenvalue weighted by atomic mass is 10.2. The summed E-state index contributed by atoms with van der Waals surface area (Å²) < 4.78 is 0.382. The average Bonchev–Trinajstić information content (AvgIpc) is 2.94. The number of hydrazone groups is 1. The number of nitrogens with zero attached hydrogens (tertiary/aromatic N) is 3. The van der Waals surface area contributed by atoms with Gasteiger partial charge in [0.2, 0.25) is 0 Å². The largest absolute Gasteiger partial charge is 0.283 e. The molecular formula is C17H13N3O3S3. The molecular weight excluding hydrogens is 390 g/mol. The molecule has 1 aliphatic heterocycles. The van der Waals surface area contributed by atoms with Gasteiger partial charge in [0.15, 0.2) is 4.32 Å². The third kappa shape index (κ3) is 4.29. The van der Waals surface area contributed by atoms with Crippen molar-refractivity contribution < 1.29 is 9.72 Å². The fraction of sp³-hybridized carbons (Fsp3) is 0.118. The van der Waals surface area contributed by atoms with Crippen molar-refractivity contribution in [3.8, 4) is 0 Å². The molecule has 132 valence electrons. The molecule has 0 aromatic heterocycles. The topological polar surface area (TPSA) is 75.8 Å². The number of hydrogen-bond donors (Lipinski definition) is 0. The minimum atomic E-state index is -0.421. The third-order valence-corrected chi connectivity index (χ3v) is 5.89. The summed E-state index contributed by atoms with van der Waals surface area (Å²) in [5, 5.41) is 16.6. The third-order valence-electron chi connectivity index (χ3n) is 3.48. The second-order valence-corrected chi connectivity index (χ2v) is 8.13. The van der Waals surface area contributed by atoms with Crippen LogP contribution in [0.3, 0.4) is 0 Å². The Morgan fingerprint density at radius 2 is 2.04 bits per heavy atom. The Labute approximate surface area is 163 Å². The summed E-state index contributed by atoms with van der Waals surface area (Å²) in [7, 11) is 0. The van der Waals surface area contributed by atoms with Gasteiger partial charge in [-0.05, 0) is 25.1 Å². The van der Waals surface area contributed by atoms with E-state index >= 15 is 0 Å². The zero-order valence-corrected chi connectivity index (χ0v) is 16.1. The Bertz CT molecular complexity index is 897. The van der Waals surface area contributed by atoms with Crippen molar-refractivity contribution in [2.75, 3.05) is 5.75 Å². The standard InChI is InChI=1S/C17H13N3O3S3/c1-11-2-5-13(6-3-11)26-15-7-4-12(8-14(15)20(22)23)9-18-19-16(21)10-25-17(19)24/h2-9H,10H2,1H3/b18-9+. The number of thiocarbonyl (C=S) groups is 1. The first-order valence-electron chi connectivity index (χ1n) is 7.51. The molecule has 1 saturated heterocycles. The summed E-state index contributed by atoms with van der Waals surface area (Å²) in [6.45, 7) is 1.99. The van der Waals surface area contributed by atoms with Gasteiger partial charge in [0, 0.05) is 16.5 Å². The van der Waals surface area contributed by atoms with E-state index in [4.69, 9.17) is 12.2 Å². The predicted molar refractivity (Wildman–Crippen MR) is 108 cm³/mol. The maximum atomic E-state index is 11.7. The minimum absolute atomic E-state index is 0.00998. The molecule has 26 heavy (non-hydrogen) atoms. The summed E-state index contributed by atoms with van der Waals surface area (Å²) in [6, 6.07) is 12.6. The number of carbonyl (C=O) groups is 1. The van der Waals surface area contributed by atoms with Crippen LogP contribution in [0.25, 0.3) is 0 Å². The van der Waals surface area contributed by atoms with Crippen molar-refractivity contribution in [3.05, 3.63) is 63.7 Å². The van der Waals surface area contributed by atoms with Crippen LogP contribution >= 0.6 is 35.7 Å². The lowest BCUT2D eigenvalue weighted by molar-refractivity contribution is -0.387. The van der Waals surface area contributed by atoms with E-state index < -0.39 is 4.92 Å². The molecule has 1 amide bonds. The van der Waals surface area contributed by atoms with Gasteiger partial charge in [0.1, 0.15) is 0 Å². The Balaban J connectivity index is 1.84. The average molecular weight is 404 g/mol. The van der Waals surface area contributed by atoms with E-state index in [-0.39, 0.29) is 17.3 Å². The minimum Gasteiger partial charge on any atom is -0.272 e. The molecule has 3 rings (SSSR count). The molecule has 0 N–H and O–H groups in total. The summed E-state index contributed by atoms with van der Waals surface area (Å²) >= 11 is 7.62. The van der Waals surface area contributed by atoms with Gasteiger partial charge in [-0.15, -0.1) is 0 Å². The number of hydrogen-bond acceptors (Lipinski definition) is 7. The molecule has 0 spiro atoms. The van der Waals surface area contributed by atoms with Gasteiger partial charge in [-0.25, -0.2) is 0 Å². The second kappa shape index (κ2) is 7.98. The number of rotatable bonds is 5. The number of amides is 1. The number of benzene rings is 2. The first kappa shape index (κ1) is 18.6. The van der Waals surface area contributed by atoms with E-state index in [0.29, 0.717) is 14.8 Å². The van der Waals surface area contributed by atoms with E-state index in [1.807, 2.05) is 31.2 Å². The summed E-state index contributed by atoms with van der Waals surface area (Å²) in [5.74, 6) is 0.0694. The van der Waals surface area contributed by atoms with E-state index in [1.165, 1.54) is 35.8 Å². The molecule has 0 atom stereocenters. The van der Waals surface area contributed by atoms with Crippen LogP contribution in [0, 0.1) is 17.0 Å². The molecule has 0 bridgehead atoms. The fourth-order valence-electron chi connectivity index (χ4n) is 2.16. The van der Waals surface area contributed by atoms with Gasteiger partial charge < -0.3 is 0 Å². The quantitative estimate of drug-likeness (QED) is 0.322. The second-order valence-electron chi connectivity index (χ2n) is 5.40. The molecule has 1 fully saturated rings. The molecule has 1 aliphatic rings. The van der Waals surface area contributed by atoms with Crippen LogP contribution in [0.15, 0.2) is 57.4 Å². The zero-order valence-electron chi connectivity index (χ0n) is 13.6. The van der Waals surface area contributed by atoms with Crippen LogP contribution in [0.1, 0.15) is 11.1 Å². The highest BCUT2D eigenvalue weighted by atomic mass is 32.2. The zero-order chi connectivity index (χ0) is 18.7. The van der Waals surface area contributed by atoms with Crippen LogP contribution < -0.4 is 0 Å². The highest BCUT2D eigenvalue weighted by Gasteiger charge is 2.26. The summed E-state index contributed by atoms with van der Waals surface area (Å²) in [6.07, 6.45) is 1.41. The molecule has 0 radical (unpaired) electrons.